The number of rotatable bonds is 3. The smallest absolute Gasteiger partial charge is 0.0540 e. The van der Waals surface area contributed by atoms with E-state index in [9.17, 15) is 0 Å². The summed E-state index contributed by atoms with van der Waals surface area (Å²) in [5, 5.41) is 12.7. The minimum absolute atomic E-state index is 1.14. The molecule has 8 aromatic rings. The van der Waals surface area contributed by atoms with Crippen LogP contribution in [0.1, 0.15) is 0 Å². The molecule has 1 heteroatoms. The van der Waals surface area contributed by atoms with Gasteiger partial charge in [-0.15, -0.1) is 0 Å². The molecule has 0 heterocycles. The van der Waals surface area contributed by atoms with Crippen molar-refractivity contribution in [2.45, 2.75) is 0 Å². The van der Waals surface area contributed by atoms with E-state index in [2.05, 4.69) is 157 Å². The fraction of sp³-hybridized carbons (Fsp3) is 0. The molecule has 0 radical (unpaired) electrons. The van der Waals surface area contributed by atoms with Crippen LogP contribution in [0, 0.1) is 0 Å². The Balaban J connectivity index is 1.44. The van der Waals surface area contributed by atoms with Crippen molar-refractivity contribution in [3.8, 4) is 0 Å². The number of hydrogen-bond acceptors (Lipinski definition) is 1. The molecule has 0 spiro atoms. The maximum absolute atomic E-state index is 2.39. The lowest BCUT2D eigenvalue weighted by Gasteiger charge is -2.27. The Kier molecular flexibility index (Phi) is 4.89. The van der Waals surface area contributed by atoms with Crippen molar-refractivity contribution < 1.29 is 0 Å². The van der Waals surface area contributed by atoms with Crippen LogP contribution in [0.15, 0.2) is 152 Å². The zero-order valence-corrected chi connectivity index (χ0v) is 21.4. The Morgan fingerprint density at radius 3 is 1.79 bits per heavy atom. The van der Waals surface area contributed by atoms with Crippen LogP contribution in [0.3, 0.4) is 0 Å². The largest absolute Gasteiger partial charge is 0.310 e. The van der Waals surface area contributed by atoms with Crippen LogP contribution in [0.5, 0.6) is 0 Å². The summed E-state index contributed by atoms with van der Waals surface area (Å²) in [6, 6.07) is 55.1. The third-order valence-corrected chi connectivity index (χ3v) is 7.99. The van der Waals surface area contributed by atoms with Crippen LogP contribution in [0.2, 0.25) is 0 Å². The molecule has 0 saturated carbocycles. The first kappa shape index (κ1) is 21.9. The average molecular weight is 496 g/mol. The van der Waals surface area contributed by atoms with Crippen LogP contribution in [0.4, 0.5) is 17.1 Å². The molecule has 0 unspecified atom stereocenters. The van der Waals surface area contributed by atoms with Gasteiger partial charge in [-0.3, -0.25) is 0 Å². The molecule has 182 valence electrons. The SMILES string of the molecule is c1ccc(N(c2ccc3ccccc3c2)c2cccc3c2ccc2ccc4c5ccccc5ccc4c23)cc1. The van der Waals surface area contributed by atoms with E-state index in [1.54, 1.807) is 0 Å². The molecule has 0 atom stereocenters. The maximum Gasteiger partial charge on any atom is 0.0540 e. The van der Waals surface area contributed by atoms with E-state index in [1.807, 2.05) is 0 Å². The zero-order chi connectivity index (χ0) is 25.8. The number of fused-ring (bicyclic) bond motifs is 8. The molecule has 0 aliphatic rings. The van der Waals surface area contributed by atoms with Crippen molar-refractivity contribution in [3.05, 3.63) is 152 Å². The highest BCUT2D eigenvalue weighted by molar-refractivity contribution is 6.26. The van der Waals surface area contributed by atoms with Crippen LogP contribution in [-0.4, -0.2) is 0 Å². The molecule has 0 saturated heterocycles. The Morgan fingerprint density at radius 2 is 0.923 bits per heavy atom. The van der Waals surface area contributed by atoms with Gasteiger partial charge < -0.3 is 4.90 Å². The minimum Gasteiger partial charge on any atom is -0.310 e. The lowest BCUT2D eigenvalue weighted by Crippen LogP contribution is -2.10. The lowest BCUT2D eigenvalue weighted by atomic mass is 9.93. The molecule has 8 rings (SSSR count). The van der Waals surface area contributed by atoms with Crippen LogP contribution in [0.25, 0.3) is 53.9 Å². The molecule has 0 fully saturated rings. The molecule has 0 N–H and O–H groups in total. The van der Waals surface area contributed by atoms with Gasteiger partial charge in [0.15, 0.2) is 0 Å². The van der Waals surface area contributed by atoms with Crippen molar-refractivity contribution in [1.29, 1.82) is 0 Å². The summed E-state index contributed by atoms with van der Waals surface area (Å²) in [4.78, 5) is 2.39. The maximum atomic E-state index is 2.39. The summed E-state index contributed by atoms with van der Waals surface area (Å²) in [6.07, 6.45) is 0. The Bertz CT molecular complexity index is 2180. The highest BCUT2D eigenvalue weighted by atomic mass is 15.1. The zero-order valence-electron chi connectivity index (χ0n) is 21.4. The molecule has 0 amide bonds. The molecule has 0 aliphatic heterocycles. The topological polar surface area (TPSA) is 3.24 Å². The summed E-state index contributed by atoms with van der Waals surface area (Å²) in [6.45, 7) is 0. The van der Waals surface area contributed by atoms with Gasteiger partial charge in [0.1, 0.15) is 0 Å². The van der Waals surface area contributed by atoms with Gasteiger partial charge in [-0.2, -0.15) is 0 Å². The molecule has 0 aromatic heterocycles. The first-order valence-electron chi connectivity index (χ1n) is 13.5. The summed E-state index contributed by atoms with van der Waals surface area (Å²) in [5.41, 5.74) is 3.47. The van der Waals surface area contributed by atoms with Crippen molar-refractivity contribution in [3.63, 3.8) is 0 Å². The number of benzene rings is 8. The third-order valence-electron chi connectivity index (χ3n) is 7.99. The summed E-state index contributed by atoms with van der Waals surface area (Å²) in [7, 11) is 0. The first-order chi connectivity index (χ1) is 19.3. The molecule has 1 nitrogen and oxygen atoms in total. The summed E-state index contributed by atoms with van der Waals surface area (Å²) >= 11 is 0. The van der Waals surface area contributed by atoms with Gasteiger partial charge in [-0.1, -0.05) is 121 Å². The van der Waals surface area contributed by atoms with Gasteiger partial charge in [-0.25, -0.2) is 0 Å². The van der Waals surface area contributed by atoms with Crippen LogP contribution in [-0.2, 0) is 0 Å². The standard InChI is InChI=1S/C38H25N/c1-2-12-30(13-3-1)39(31-21-17-26-9-4-5-11-29(26)25-31)37-16-8-15-35-34(37)23-20-28-19-22-33-32-14-7-6-10-27(32)18-24-36(33)38(28)35/h1-25H. The number of hydrogen-bond donors (Lipinski definition) is 0. The van der Waals surface area contributed by atoms with E-state index in [4.69, 9.17) is 0 Å². The van der Waals surface area contributed by atoms with Gasteiger partial charge >= 0.3 is 0 Å². The second-order valence-corrected chi connectivity index (χ2v) is 10.2. The monoisotopic (exact) mass is 495 g/mol. The second kappa shape index (κ2) is 8.72. The lowest BCUT2D eigenvalue weighted by molar-refractivity contribution is 1.30. The van der Waals surface area contributed by atoms with Crippen LogP contribution >= 0.6 is 0 Å². The molecular formula is C38H25N. The van der Waals surface area contributed by atoms with E-state index in [-0.39, 0.29) is 0 Å². The third kappa shape index (κ3) is 3.48. The van der Waals surface area contributed by atoms with Crippen molar-refractivity contribution in [2.75, 3.05) is 4.90 Å². The molecular weight excluding hydrogens is 470 g/mol. The minimum atomic E-state index is 1.14. The van der Waals surface area contributed by atoms with Crippen molar-refractivity contribution >= 4 is 70.9 Å². The summed E-state index contributed by atoms with van der Waals surface area (Å²) < 4.78 is 0. The van der Waals surface area contributed by atoms with E-state index in [0.717, 1.165) is 11.4 Å². The second-order valence-electron chi connectivity index (χ2n) is 10.2. The molecule has 8 aromatic carbocycles. The van der Waals surface area contributed by atoms with Gasteiger partial charge in [0.25, 0.3) is 0 Å². The Labute approximate surface area is 227 Å². The highest BCUT2D eigenvalue weighted by Crippen LogP contribution is 2.43. The van der Waals surface area contributed by atoms with E-state index < -0.39 is 0 Å². The molecule has 39 heavy (non-hydrogen) atoms. The van der Waals surface area contributed by atoms with E-state index in [1.165, 1.54) is 59.5 Å². The molecule has 0 aliphatic carbocycles. The summed E-state index contributed by atoms with van der Waals surface area (Å²) in [5.74, 6) is 0. The Hall–Kier alpha value is -5.14. The van der Waals surface area contributed by atoms with Crippen molar-refractivity contribution in [1.82, 2.24) is 0 Å². The predicted octanol–water partition coefficient (Wildman–Crippen LogP) is 10.9. The van der Waals surface area contributed by atoms with E-state index >= 15 is 0 Å². The fourth-order valence-corrected chi connectivity index (χ4v) is 6.18. The Morgan fingerprint density at radius 1 is 0.308 bits per heavy atom. The fourth-order valence-electron chi connectivity index (χ4n) is 6.18. The quantitative estimate of drug-likeness (QED) is 0.220. The van der Waals surface area contributed by atoms with Crippen molar-refractivity contribution in [2.24, 2.45) is 0 Å². The average Bonchev–Trinajstić information content (AvgIpc) is 3.01. The number of anilines is 3. The normalized spacial score (nSPS) is 11.6. The van der Waals surface area contributed by atoms with Gasteiger partial charge in [0.05, 0.1) is 5.69 Å². The van der Waals surface area contributed by atoms with Gasteiger partial charge in [0, 0.05) is 16.8 Å². The van der Waals surface area contributed by atoms with Gasteiger partial charge in [-0.05, 0) is 78.8 Å². The van der Waals surface area contributed by atoms with Gasteiger partial charge in [0.2, 0.25) is 0 Å². The van der Waals surface area contributed by atoms with Crippen LogP contribution < -0.4 is 4.90 Å². The molecule has 0 bridgehead atoms. The highest BCUT2D eigenvalue weighted by Gasteiger charge is 2.17. The first-order valence-corrected chi connectivity index (χ1v) is 13.5. The number of para-hydroxylation sites is 1. The number of nitrogens with zero attached hydrogens (tertiary/aromatic N) is 1. The van der Waals surface area contributed by atoms with E-state index in [0.29, 0.717) is 0 Å². The predicted molar refractivity (Wildman–Crippen MR) is 169 cm³/mol.